The van der Waals surface area contributed by atoms with E-state index < -0.39 is 0 Å². The molecule has 2 rings (SSSR count). The zero-order valence-electron chi connectivity index (χ0n) is 10.2. The molecule has 0 bridgehead atoms. The van der Waals surface area contributed by atoms with Gasteiger partial charge in [0.05, 0.1) is 11.1 Å². The Hall–Kier alpha value is -1.39. The van der Waals surface area contributed by atoms with Crippen molar-refractivity contribution >= 4 is 33.4 Å². The molecule has 1 amide bonds. The Morgan fingerprint density at radius 3 is 2.84 bits per heavy atom. The molecule has 1 heterocycles. The number of hydrogen-bond acceptors (Lipinski definition) is 2. The first-order chi connectivity index (χ1) is 9.08. The van der Waals surface area contributed by atoms with Gasteiger partial charge in [-0.2, -0.15) is 0 Å². The quantitative estimate of drug-likeness (QED) is 0.918. The molecule has 0 aliphatic carbocycles. The van der Waals surface area contributed by atoms with Gasteiger partial charge in [0.2, 0.25) is 0 Å². The van der Waals surface area contributed by atoms with Crippen molar-refractivity contribution < 1.29 is 4.79 Å². The number of nitrogens with one attached hydrogen (secondary N) is 1. The van der Waals surface area contributed by atoms with E-state index in [2.05, 4.69) is 26.2 Å². The molecule has 1 N–H and O–H groups in total. The Morgan fingerprint density at radius 1 is 1.42 bits per heavy atom. The highest BCUT2D eigenvalue weighted by Gasteiger charge is 2.12. The van der Waals surface area contributed by atoms with Gasteiger partial charge in [0, 0.05) is 22.4 Å². The van der Waals surface area contributed by atoms with Gasteiger partial charge in [-0.15, -0.1) is 0 Å². The summed E-state index contributed by atoms with van der Waals surface area (Å²) in [7, 11) is 0. The maximum atomic E-state index is 12.1. The summed E-state index contributed by atoms with van der Waals surface area (Å²) in [5.74, 6) is -0.161. The highest BCUT2D eigenvalue weighted by Crippen LogP contribution is 2.23. The van der Waals surface area contributed by atoms with Crippen LogP contribution in [0.15, 0.2) is 47.2 Å². The second-order valence-electron chi connectivity index (χ2n) is 4.11. The molecule has 0 aliphatic heterocycles. The molecule has 98 valence electrons. The summed E-state index contributed by atoms with van der Waals surface area (Å²) < 4.78 is 0.769. The van der Waals surface area contributed by atoms with Gasteiger partial charge < -0.3 is 5.32 Å². The van der Waals surface area contributed by atoms with E-state index in [0.717, 1.165) is 10.0 Å². The largest absolute Gasteiger partial charge is 0.345 e. The number of amides is 1. The predicted molar refractivity (Wildman–Crippen MR) is 79.3 cm³/mol. The molecule has 0 saturated carbocycles. The lowest BCUT2D eigenvalue weighted by molar-refractivity contribution is 0.0940. The summed E-state index contributed by atoms with van der Waals surface area (Å²) in [5.41, 5.74) is 1.49. The van der Waals surface area contributed by atoms with Crippen molar-refractivity contribution in [1.82, 2.24) is 10.3 Å². The van der Waals surface area contributed by atoms with Crippen LogP contribution in [-0.2, 0) is 0 Å². The van der Waals surface area contributed by atoms with E-state index in [4.69, 9.17) is 11.6 Å². The summed E-state index contributed by atoms with van der Waals surface area (Å²) in [5, 5.41) is 3.42. The van der Waals surface area contributed by atoms with Gasteiger partial charge in [-0.25, -0.2) is 0 Å². The van der Waals surface area contributed by atoms with Crippen molar-refractivity contribution in [3.63, 3.8) is 0 Å². The Kier molecular flexibility index (Phi) is 4.56. The Bertz CT molecular complexity index is 589. The third-order valence-electron chi connectivity index (χ3n) is 2.71. The van der Waals surface area contributed by atoms with E-state index >= 15 is 0 Å². The Morgan fingerprint density at radius 2 is 2.21 bits per heavy atom. The van der Waals surface area contributed by atoms with Crippen LogP contribution in [0.2, 0.25) is 5.02 Å². The van der Waals surface area contributed by atoms with Crippen LogP contribution < -0.4 is 5.32 Å². The lowest BCUT2D eigenvalue weighted by atomic mass is 10.1. The SMILES string of the molecule is CC(NC(=O)c1ccc(Br)c(Cl)c1)c1cccnc1. The first-order valence-electron chi connectivity index (χ1n) is 5.74. The third-order valence-corrected chi connectivity index (χ3v) is 3.95. The van der Waals surface area contributed by atoms with Crippen LogP contribution in [0, 0.1) is 0 Å². The topological polar surface area (TPSA) is 42.0 Å². The molecule has 2 aromatic rings. The fraction of sp³-hybridized carbons (Fsp3) is 0.143. The lowest BCUT2D eigenvalue weighted by Crippen LogP contribution is -2.26. The number of pyridine rings is 1. The zero-order valence-corrected chi connectivity index (χ0v) is 12.6. The van der Waals surface area contributed by atoms with E-state index in [1.807, 2.05) is 19.1 Å². The lowest BCUT2D eigenvalue weighted by Gasteiger charge is -2.14. The van der Waals surface area contributed by atoms with Crippen LogP contribution in [0.5, 0.6) is 0 Å². The fourth-order valence-corrected chi connectivity index (χ4v) is 2.06. The van der Waals surface area contributed by atoms with Crippen LogP contribution in [0.1, 0.15) is 28.9 Å². The molecule has 0 radical (unpaired) electrons. The van der Waals surface area contributed by atoms with E-state index in [-0.39, 0.29) is 11.9 Å². The number of halogens is 2. The second kappa shape index (κ2) is 6.17. The van der Waals surface area contributed by atoms with Crippen molar-refractivity contribution in [1.29, 1.82) is 0 Å². The Labute approximate surface area is 125 Å². The number of carbonyl (C=O) groups excluding carboxylic acids is 1. The second-order valence-corrected chi connectivity index (χ2v) is 5.37. The summed E-state index contributed by atoms with van der Waals surface area (Å²) in [4.78, 5) is 16.1. The maximum Gasteiger partial charge on any atom is 0.251 e. The van der Waals surface area contributed by atoms with Crippen LogP contribution in [0.4, 0.5) is 0 Å². The van der Waals surface area contributed by atoms with Crippen LogP contribution in [0.3, 0.4) is 0 Å². The van der Waals surface area contributed by atoms with Crippen LogP contribution in [-0.4, -0.2) is 10.9 Å². The molecule has 0 spiro atoms. The number of benzene rings is 1. The van der Waals surface area contributed by atoms with E-state index in [9.17, 15) is 4.79 Å². The van der Waals surface area contributed by atoms with Crippen molar-refractivity contribution in [2.75, 3.05) is 0 Å². The summed E-state index contributed by atoms with van der Waals surface area (Å²) in [6.07, 6.45) is 3.44. The van der Waals surface area contributed by atoms with Crippen molar-refractivity contribution in [2.45, 2.75) is 13.0 Å². The maximum absolute atomic E-state index is 12.1. The first kappa shape index (κ1) is 14.0. The van der Waals surface area contributed by atoms with Crippen LogP contribution >= 0.6 is 27.5 Å². The molecule has 0 saturated heterocycles. The van der Waals surface area contributed by atoms with Gasteiger partial charge >= 0.3 is 0 Å². The van der Waals surface area contributed by atoms with E-state index in [1.165, 1.54) is 0 Å². The minimum Gasteiger partial charge on any atom is -0.345 e. The van der Waals surface area contributed by atoms with Crippen LogP contribution in [0.25, 0.3) is 0 Å². The van der Waals surface area contributed by atoms with Gasteiger partial charge in [0.25, 0.3) is 5.91 Å². The van der Waals surface area contributed by atoms with Gasteiger partial charge in [0.1, 0.15) is 0 Å². The highest BCUT2D eigenvalue weighted by molar-refractivity contribution is 9.10. The average Bonchev–Trinajstić information content (AvgIpc) is 2.42. The highest BCUT2D eigenvalue weighted by atomic mass is 79.9. The molecule has 1 aromatic heterocycles. The standard InChI is InChI=1S/C14H12BrClN2O/c1-9(11-3-2-6-17-8-11)18-14(19)10-4-5-12(15)13(16)7-10/h2-9H,1H3,(H,18,19). The fourth-order valence-electron chi connectivity index (χ4n) is 1.63. The van der Waals surface area contributed by atoms with Gasteiger partial charge in [-0.1, -0.05) is 17.7 Å². The minimum absolute atomic E-state index is 0.108. The number of aromatic nitrogens is 1. The molecule has 1 unspecified atom stereocenters. The molecular formula is C14H12BrClN2O. The van der Waals surface area contributed by atoms with Crippen molar-refractivity contribution in [3.8, 4) is 0 Å². The van der Waals surface area contributed by atoms with Gasteiger partial charge in [-0.05, 0) is 52.7 Å². The smallest absolute Gasteiger partial charge is 0.251 e. The van der Waals surface area contributed by atoms with E-state index in [1.54, 1.807) is 30.6 Å². The van der Waals surface area contributed by atoms with Crippen molar-refractivity contribution in [2.24, 2.45) is 0 Å². The number of rotatable bonds is 3. The monoisotopic (exact) mass is 338 g/mol. The van der Waals surface area contributed by atoms with Crippen molar-refractivity contribution in [3.05, 3.63) is 63.3 Å². The molecule has 3 nitrogen and oxygen atoms in total. The Balaban J connectivity index is 2.11. The first-order valence-corrected chi connectivity index (χ1v) is 6.91. The average molecular weight is 340 g/mol. The molecule has 0 aliphatic rings. The number of hydrogen-bond donors (Lipinski definition) is 1. The molecule has 0 fully saturated rings. The molecule has 19 heavy (non-hydrogen) atoms. The summed E-state index contributed by atoms with van der Waals surface area (Å²) in [6.45, 7) is 1.91. The summed E-state index contributed by atoms with van der Waals surface area (Å²) >= 11 is 9.27. The van der Waals surface area contributed by atoms with Gasteiger partial charge in [-0.3, -0.25) is 9.78 Å². The zero-order chi connectivity index (χ0) is 13.8. The minimum atomic E-state index is -0.161. The predicted octanol–water partition coefficient (Wildman–Crippen LogP) is 3.99. The van der Waals surface area contributed by atoms with E-state index in [0.29, 0.717) is 10.6 Å². The molecule has 1 aromatic carbocycles. The third kappa shape index (κ3) is 3.55. The molecule has 1 atom stereocenters. The summed E-state index contributed by atoms with van der Waals surface area (Å²) in [6, 6.07) is 8.77. The molecule has 5 heteroatoms. The molecular weight excluding hydrogens is 328 g/mol. The number of nitrogens with zero attached hydrogens (tertiary/aromatic N) is 1. The number of carbonyl (C=O) groups is 1. The van der Waals surface area contributed by atoms with Gasteiger partial charge in [0.15, 0.2) is 0 Å². The normalized spacial score (nSPS) is 11.9.